The van der Waals surface area contributed by atoms with E-state index in [-0.39, 0.29) is 0 Å². The van der Waals surface area contributed by atoms with E-state index in [9.17, 15) is 0 Å². The van der Waals surface area contributed by atoms with Crippen molar-refractivity contribution in [2.24, 2.45) is 7.05 Å². The standard InChI is InChI=1S/C10H13N5/c1-7-4-9(11-2)14-10(13-7)8-5-12-15(3)6-8/h4-6H,1-3H3,(H,11,13,14). The molecule has 2 rings (SSSR count). The molecule has 1 N–H and O–H groups in total. The SMILES string of the molecule is CNc1cc(C)nc(-c2cnn(C)c2)n1. The molecule has 5 heteroatoms. The summed E-state index contributed by atoms with van der Waals surface area (Å²) in [5.41, 5.74) is 1.87. The highest BCUT2D eigenvalue weighted by atomic mass is 15.2. The molecule has 0 aromatic carbocycles. The Morgan fingerprint density at radius 3 is 2.73 bits per heavy atom. The monoisotopic (exact) mass is 203 g/mol. The number of nitrogens with one attached hydrogen (secondary N) is 1. The van der Waals surface area contributed by atoms with Gasteiger partial charge in [-0.05, 0) is 6.92 Å². The Hall–Kier alpha value is -1.91. The number of hydrogen-bond acceptors (Lipinski definition) is 4. The number of nitrogens with zero attached hydrogens (tertiary/aromatic N) is 4. The minimum Gasteiger partial charge on any atom is -0.373 e. The van der Waals surface area contributed by atoms with E-state index in [1.165, 1.54) is 0 Å². The average Bonchev–Trinajstić information content (AvgIpc) is 2.64. The molecule has 5 nitrogen and oxygen atoms in total. The van der Waals surface area contributed by atoms with E-state index < -0.39 is 0 Å². The maximum Gasteiger partial charge on any atom is 0.164 e. The van der Waals surface area contributed by atoms with Gasteiger partial charge in [0.05, 0.1) is 11.8 Å². The molecular weight excluding hydrogens is 190 g/mol. The highest BCUT2D eigenvalue weighted by Gasteiger charge is 2.05. The zero-order valence-electron chi connectivity index (χ0n) is 9.02. The normalized spacial score (nSPS) is 10.3. The van der Waals surface area contributed by atoms with E-state index >= 15 is 0 Å². The second-order valence-electron chi connectivity index (χ2n) is 3.37. The van der Waals surface area contributed by atoms with Crippen molar-refractivity contribution < 1.29 is 0 Å². The van der Waals surface area contributed by atoms with Crippen LogP contribution in [0.4, 0.5) is 5.82 Å². The van der Waals surface area contributed by atoms with Gasteiger partial charge in [0.1, 0.15) is 5.82 Å². The molecule has 0 aliphatic heterocycles. The first kappa shape index (κ1) is 9.64. The van der Waals surface area contributed by atoms with Crippen molar-refractivity contribution >= 4 is 5.82 Å². The fraction of sp³-hybridized carbons (Fsp3) is 0.300. The first-order valence-electron chi connectivity index (χ1n) is 4.71. The van der Waals surface area contributed by atoms with Gasteiger partial charge < -0.3 is 5.32 Å². The van der Waals surface area contributed by atoms with Crippen molar-refractivity contribution in [1.82, 2.24) is 19.7 Å². The van der Waals surface area contributed by atoms with Gasteiger partial charge in [-0.25, -0.2) is 9.97 Å². The molecule has 0 fully saturated rings. The molecular formula is C10H13N5. The average molecular weight is 203 g/mol. The number of anilines is 1. The predicted octanol–water partition coefficient (Wildman–Crippen LogP) is 1.23. The largest absolute Gasteiger partial charge is 0.373 e. The predicted molar refractivity (Wildman–Crippen MR) is 58.5 cm³/mol. The molecule has 0 aliphatic carbocycles. The lowest BCUT2D eigenvalue weighted by Crippen LogP contribution is -1.97. The van der Waals surface area contributed by atoms with Crippen LogP contribution in [0.15, 0.2) is 18.5 Å². The molecule has 0 spiro atoms. The Balaban J connectivity index is 2.48. The summed E-state index contributed by atoms with van der Waals surface area (Å²) in [7, 11) is 3.72. The summed E-state index contributed by atoms with van der Waals surface area (Å²) in [6.45, 7) is 1.95. The molecule has 2 heterocycles. The van der Waals surface area contributed by atoms with Crippen LogP contribution in [0.1, 0.15) is 5.69 Å². The Kier molecular flexibility index (Phi) is 2.37. The molecule has 0 amide bonds. The molecule has 0 saturated carbocycles. The highest BCUT2D eigenvalue weighted by Crippen LogP contribution is 2.16. The fourth-order valence-corrected chi connectivity index (χ4v) is 1.36. The Labute approximate surface area is 88.2 Å². The van der Waals surface area contributed by atoms with Crippen molar-refractivity contribution in [3.63, 3.8) is 0 Å². The van der Waals surface area contributed by atoms with Gasteiger partial charge in [-0.15, -0.1) is 0 Å². The van der Waals surface area contributed by atoms with Gasteiger partial charge in [-0.3, -0.25) is 4.68 Å². The molecule has 15 heavy (non-hydrogen) atoms. The van der Waals surface area contributed by atoms with Crippen molar-refractivity contribution in [3.05, 3.63) is 24.2 Å². The number of rotatable bonds is 2. The minimum absolute atomic E-state index is 0.701. The lowest BCUT2D eigenvalue weighted by molar-refractivity contribution is 0.768. The molecule has 0 bridgehead atoms. The number of aryl methyl sites for hydroxylation is 2. The van der Waals surface area contributed by atoms with Crippen molar-refractivity contribution in [2.75, 3.05) is 12.4 Å². The van der Waals surface area contributed by atoms with Crippen molar-refractivity contribution in [1.29, 1.82) is 0 Å². The van der Waals surface area contributed by atoms with E-state index in [0.29, 0.717) is 5.82 Å². The summed E-state index contributed by atoms with van der Waals surface area (Å²) in [4.78, 5) is 8.72. The summed E-state index contributed by atoms with van der Waals surface area (Å²) in [5.74, 6) is 1.52. The van der Waals surface area contributed by atoms with Crippen LogP contribution in [0.2, 0.25) is 0 Å². The smallest absolute Gasteiger partial charge is 0.164 e. The van der Waals surface area contributed by atoms with Gasteiger partial charge in [0, 0.05) is 32.1 Å². The molecule has 0 saturated heterocycles. The van der Waals surface area contributed by atoms with Crippen LogP contribution in [0, 0.1) is 6.92 Å². The lowest BCUT2D eigenvalue weighted by Gasteiger charge is -2.03. The van der Waals surface area contributed by atoms with Gasteiger partial charge in [-0.1, -0.05) is 0 Å². The zero-order valence-corrected chi connectivity index (χ0v) is 9.02. The minimum atomic E-state index is 0.701. The quantitative estimate of drug-likeness (QED) is 0.797. The number of aromatic nitrogens is 4. The highest BCUT2D eigenvalue weighted by molar-refractivity contribution is 5.55. The van der Waals surface area contributed by atoms with Gasteiger partial charge in [0.25, 0.3) is 0 Å². The molecule has 0 aliphatic rings. The summed E-state index contributed by atoms with van der Waals surface area (Å²) >= 11 is 0. The van der Waals surface area contributed by atoms with Crippen LogP contribution in [0.25, 0.3) is 11.4 Å². The van der Waals surface area contributed by atoms with Gasteiger partial charge in [0.15, 0.2) is 5.82 Å². The second kappa shape index (κ2) is 3.68. The molecule has 0 atom stereocenters. The van der Waals surface area contributed by atoms with Gasteiger partial charge in [0.2, 0.25) is 0 Å². The summed E-state index contributed by atoms with van der Waals surface area (Å²) in [5, 5.41) is 7.10. The van der Waals surface area contributed by atoms with E-state index in [4.69, 9.17) is 0 Å². The topological polar surface area (TPSA) is 55.6 Å². The van der Waals surface area contributed by atoms with Crippen LogP contribution in [0.3, 0.4) is 0 Å². The van der Waals surface area contributed by atoms with E-state index in [2.05, 4.69) is 20.4 Å². The molecule has 0 unspecified atom stereocenters. The number of hydrogen-bond donors (Lipinski definition) is 1. The molecule has 0 radical (unpaired) electrons. The third-order valence-electron chi connectivity index (χ3n) is 2.07. The first-order valence-corrected chi connectivity index (χ1v) is 4.71. The lowest BCUT2D eigenvalue weighted by atomic mass is 10.3. The van der Waals surface area contributed by atoms with E-state index in [1.54, 1.807) is 10.9 Å². The Morgan fingerprint density at radius 2 is 2.13 bits per heavy atom. The molecule has 2 aromatic heterocycles. The van der Waals surface area contributed by atoms with Crippen LogP contribution in [-0.2, 0) is 7.05 Å². The third-order valence-corrected chi connectivity index (χ3v) is 2.07. The van der Waals surface area contributed by atoms with Gasteiger partial charge >= 0.3 is 0 Å². The molecule has 78 valence electrons. The Bertz CT molecular complexity index is 474. The summed E-state index contributed by atoms with van der Waals surface area (Å²) in [6.07, 6.45) is 3.66. The fourth-order valence-electron chi connectivity index (χ4n) is 1.36. The van der Waals surface area contributed by atoms with Crippen LogP contribution >= 0.6 is 0 Å². The van der Waals surface area contributed by atoms with Gasteiger partial charge in [-0.2, -0.15) is 5.10 Å². The van der Waals surface area contributed by atoms with Crippen LogP contribution in [0.5, 0.6) is 0 Å². The van der Waals surface area contributed by atoms with Crippen molar-refractivity contribution in [2.45, 2.75) is 6.92 Å². The van der Waals surface area contributed by atoms with E-state index in [1.807, 2.05) is 33.3 Å². The zero-order chi connectivity index (χ0) is 10.8. The van der Waals surface area contributed by atoms with Crippen LogP contribution < -0.4 is 5.32 Å². The molecule has 2 aromatic rings. The van der Waals surface area contributed by atoms with Crippen LogP contribution in [-0.4, -0.2) is 26.8 Å². The van der Waals surface area contributed by atoms with E-state index in [0.717, 1.165) is 17.1 Å². The summed E-state index contributed by atoms with van der Waals surface area (Å²) < 4.78 is 1.74. The Morgan fingerprint density at radius 1 is 1.33 bits per heavy atom. The second-order valence-corrected chi connectivity index (χ2v) is 3.37. The summed E-state index contributed by atoms with van der Waals surface area (Å²) in [6, 6.07) is 1.90. The maximum absolute atomic E-state index is 4.36. The maximum atomic E-state index is 4.36. The first-order chi connectivity index (χ1) is 7.19. The van der Waals surface area contributed by atoms with Crippen molar-refractivity contribution in [3.8, 4) is 11.4 Å². The third kappa shape index (κ3) is 1.96.